The number of unbranched alkanes of at least 4 members (excludes halogenated alkanes) is 8. The number of hydrogen-bond donors (Lipinski definition) is 3. The van der Waals surface area contributed by atoms with Crippen LogP contribution in [0.15, 0.2) is 12.2 Å². The molecule has 3 N–H and O–H groups in total. The second-order valence-electron chi connectivity index (χ2n) is 6.05. The van der Waals surface area contributed by atoms with Gasteiger partial charge in [0, 0.05) is 6.42 Å². The predicted molar refractivity (Wildman–Crippen MR) is 90.8 cm³/mol. The van der Waals surface area contributed by atoms with Gasteiger partial charge in [0.05, 0.1) is 6.10 Å². The molecule has 0 spiro atoms. The predicted octanol–water partition coefficient (Wildman–Crippen LogP) is 4.50. The van der Waals surface area contributed by atoms with Crippen molar-refractivity contribution in [1.82, 2.24) is 5.48 Å². The van der Waals surface area contributed by atoms with E-state index in [9.17, 15) is 9.90 Å². The van der Waals surface area contributed by atoms with Gasteiger partial charge in [-0.1, -0.05) is 64.0 Å². The van der Waals surface area contributed by atoms with E-state index in [0.717, 1.165) is 51.4 Å². The van der Waals surface area contributed by atoms with Crippen molar-refractivity contribution in [3.05, 3.63) is 12.2 Å². The van der Waals surface area contributed by atoms with Crippen LogP contribution in [0.25, 0.3) is 0 Å². The van der Waals surface area contributed by atoms with Gasteiger partial charge >= 0.3 is 0 Å². The van der Waals surface area contributed by atoms with Gasteiger partial charge < -0.3 is 5.11 Å². The zero-order valence-corrected chi connectivity index (χ0v) is 14.2. The fraction of sp³-hybridized carbons (Fsp3) is 0.833. The highest BCUT2D eigenvalue weighted by atomic mass is 16.5. The second kappa shape index (κ2) is 16.5. The van der Waals surface area contributed by atoms with Gasteiger partial charge in [-0.3, -0.25) is 10.0 Å². The van der Waals surface area contributed by atoms with Crippen LogP contribution in [0, 0.1) is 0 Å². The average Bonchev–Trinajstić information content (AvgIpc) is 2.53. The number of carbonyl (C=O) groups excluding carboxylic acids is 1. The molecule has 0 radical (unpaired) electrons. The first-order chi connectivity index (χ1) is 10.7. The van der Waals surface area contributed by atoms with E-state index < -0.39 is 0 Å². The Balaban J connectivity index is 3.28. The number of rotatable bonds is 15. The van der Waals surface area contributed by atoms with Crippen molar-refractivity contribution in [1.29, 1.82) is 0 Å². The molecule has 0 bridgehead atoms. The van der Waals surface area contributed by atoms with Crippen LogP contribution in [0.5, 0.6) is 0 Å². The lowest BCUT2D eigenvalue weighted by atomic mass is 10.1. The van der Waals surface area contributed by atoms with E-state index in [-0.39, 0.29) is 12.0 Å². The van der Waals surface area contributed by atoms with Crippen molar-refractivity contribution >= 4 is 5.91 Å². The monoisotopic (exact) mass is 313 g/mol. The van der Waals surface area contributed by atoms with Gasteiger partial charge in [0.1, 0.15) is 0 Å². The normalized spacial score (nSPS) is 12.7. The SMILES string of the molecule is CCCCCCC(O)C/C=C/CCCCCCCC(=O)NO. The average molecular weight is 313 g/mol. The molecule has 0 rings (SSSR count). The van der Waals surface area contributed by atoms with Crippen LogP contribution in [0.2, 0.25) is 0 Å². The Morgan fingerprint density at radius 1 is 1.00 bits per heavy atom. The summed E-state index contributed by atoms with van der Waals surface area (Å²) in [5.74, 6) is -0.295. The summed E-state index contributed by atoms with van der Waals surface area (Å²) in [6, 6.07) is 0. The molecule has 0 aromatic carbocycles. The van der Waals surface area contributed by atoms with Crippen LogP contribution in [0.3, 0.4) is 0 Å². The Morgan fingerprint density at radius 3 is 2.41 bits per heavy atom. The summed E-state index contributed by atoms with van der Waals surface area (Å²) < 4.78 is 0. The highest BCUT2D eigenvalue weighted by Gasteiger charge is 2.00. The minimum atomic E-state index is -0.295. The quantitative estimate of drug-likeness (QED) is 0.180. The standard InChI is InChI=1S/C18H35NO3/c1-2-3-4-11-14-17(20)15-12-9-7-5-6-8-10-13-16-18(21)19-22/h9,12,17,20,22H,2-8,10-11,13-16H2,1H3,(H,19,21)/b12-9+. The molecule has 1 amide bonds. The van der Waals surface area contributed by atoms with E-state index in [1.807, 2.05) is 0 Å². The number of aliphatic hydroxyl groups excluding tert-OH is 1. The molecule has 0 saturated carbocycles. The molecule has 0 aromatic rings. The molecule has 1 atom stereocenters. The van der Waals surface area contributed by atoms with Crippen molar-refractivity contribution in [2.45, 2.75) is 96.5 Å². The Morgan fingerprint density at radius 2 is 1.68 bits per heavy atom. The summed E-state index contributed by atoms with van der Waals surface area (Å²) in [7, 11) is 0. The number of aliphatic hydroxyl groups is 1. The molecule has 130 valence electrons. The molecule has 0 saturated heterocycles. The third-order valence-electron chi connectivity index (χ3n) is 3.87. The molecule has 0 aromatic heterocycles. The molecule has 0 aliphatic rings. The maximum atomic E-state index is 10.8. The van der Waals surface area contributed by atoms with Gasteiger partial charge in [-0.05, 0) is 32.1 Å². The minimum absolute atomic E-state index is 0.175. The molecule has 22 heavy (non-hydrogen) atoms. The zero-order chi connectivity index (χ0) is 16.5. The number of amides is 1. The van der Waals surface area contributed by atoms with Crippen LogP contribution >= 0.6 is 0 Å². The Labute approximate surface area is 136 Å². The Bertz CT molecular complexity index is 280. The Hall–Kier alpha value is -0.870. The fourth-order valence-electron chi connectivity index (χ4n) is 2.43. The van der Waals surface area contributed by atoms with Crippen LogP contribution in [-0.4, -0.2) is 22.3 Å². The third kappa shape index (κ3) is 15.5. The topological polar surface area (TPSA) is 69.6 Å². The van der Waals surface area contributed by atoms with E-state index >= 15 is 0 Å². The van der Waals surface area contributed by atoms with Gasteiger partial charge in [0.25, 0.3) is 0 Å². The maximum absolute atomic E-state index is 10.8. The van der Waals surface area contributed by atoms with Gasteiger partial charge in [0.2, 0.25) is 5.91 Å². The summed E-state index contributed by atoms with van der Waals surface area (Å²) in [6.07, 6.45) is 17.5. The number of nitrogens with one attached hydrogen (secondary N) is 1. The van der Waals surface area contributed by atoms with Crippen molar-refractivity contribution in [2.75, 3.05) is 0 Å². The van der Waals surface area contributed by atoms with Crippen LogP contribution < -0.4 is 5.48 Å². The summed E-state index contributed by atoms with van der Waals surface area (Å²) in [5, 5.41) is 18.2. The molecular weight excluding hydrogens is 278 g/mol. The van der Waals surface area contributed by atoms with E-state index in [1.54, 1.807) is 5.48 Å². The smallest absolute Gasteiger partial charge is 0.243 e. The van der Waals surface area contributed by atoms with Gasteiger partial charge in [-0.15, -0.1) is 0 Å². The second-order valence-corrected chi connectivity index (χ2v) is 6.05. The highest BCUT2D eigenvalue weighted by molar-refractivity contribution is 5.74. The molecule has 0 fully saturated rings. The molecule has 0 aliphatic carbocycles. The summed E-state index contributed by atoms with van der Waals surface area (Å²) >= 11 is 0. The summed E-state index contributed by atoms with van der Waals surface area (Å²) in [5.41, 5.74) is 1.65. The van der Waals surface area contributed by atoms with Crippen molar-refractivity contribution < 1.29 is 15.1 Å². The third-order valence-corrected chi connectivity index (χ3v) is 3.87. The van der Waals surface area contributed by atoms with Gasteiger partial charge in [0.15, 0.2) is 0 Å². The molecule has 0 aliphatic heterocycles. The number of carbonyl (C=O) groups is 1. The first kappa shape index (κ1) is 21.1. The first-order valence-electron chi connectivity index (χ1n) is 8.96. The van der Waals surface area contributed by atoms with Crippen LogP contribution in [-0.2, 0) is 4.79 Å². The number of hydrogen-bond acceptors (Lipinski definition) is 3. The Kier molecular flexibility index (Phi) is 15.8. The molecule has 0 heterocycles. The largest absolute Gasteiger partial charge is 0.393 e. The molecule has 1 unspecified atom stereocenters. The van der Waals surface area contributed by atoms with Crippen molar-refractivity contribution in [3.8, 4) is 0 Å². The fourth-order valence-corrected chi connectivity index (χ4v) is 2.43. The van der Waals surface area contributed by atoms with E-state index in [0.29, 0.717) is 6.42 Å². The summed E-state index contributed by atoms with van der Waals surface area (Å²) in [4.78, 5) is 10.8. The molecule has 4 nitrogen and oxygen atoms in total. The lowest BCUT2D eigenvalue weighted by molar-refractivity contribution is -0.129. The van der Waals surface area contributed by atoms with Gasteiger partial charge in [-0.2, -0.15) is 0 Å². The maximum Gasteiger partial charge on any atom is 0.243 e. The first-order valence-corrected chi connectivity index (χ1v) is 8.96. The van der Waals surface area contributed by atoms with Crippen LogP contribution in [0.1, 0.15) is 90.4 Å². The number of allylic oxidation sites excluding steroid dienone is 1. The molecular formula is C18H35NO3. The summed E-state index contributed by atoms with van der Waals surface area (Å²) in [6.45, 7) is 2.20. The van der Waals surface area contributed by atoms with Crippen molar-refractivity contribution in [2.24, 2.45) is 0 Å². The van der Waals surface area contributed by atoms with Crippen LogP contribution in [0.4, 0.5) is 0 Å². The lowest BCUT2D eigenvalue weighted by Gasteiger charge is -2.07. The zero-order valence-electron chi connectivity index (χ0n) is 14.2. The van der Waals surface area contributed by atoms with Gasteiger partial charge in [-0.25, -0.2) is 5.48 Å². The molecule has 4 heteroatoms. The minimum Gasteiger partial charge on any atom is -0.393 e. The van der Waals surface area contributed by atoms with E-state index in [2.05, 4.69) is 19.1 Å². The number of hydroxylamine groups is 1. The van der Waals surface area contributed by atoms with E-state index in [1.165, 1.54) is 25.7 Å². The van der Waals surface area contributed by atoms with Crippen molar-refractivity contribution in [3.63, 3.8) is 0 Å². The van der Waals surface area contributed by atoms with E-state index in [4.69, 9.17) is 5.21 Å². The highest BCUT2D eigenvalue weighted by Crippen LogP contribution is 2.10. The lowest BCUT2D eigenvalue weighted by Crippen LogP contribution is -2.17.